The third kappa shape index (κ3) is 4.75. The summed E-state index contributed by atoms with van der Waals surface area (Å²) in [5.41, 5.74) is 0.947. The molecule has 3 rings (SSSR count). The maximum absolute atomic E-state index is 13.1. The molecular formula is C25H28ClNO5. The smallest absolute Gasteiger partial charge is 0.295 e. The first-order chi connectivity index (χ1) is 15.3. The zero-order valence-corrected chi connectivity index (χ0v) is 19.5. The van der Waals surface area contributed by atoms with Gasteiger partial charge in [-0.3, -0.25) is 9.59 Å². The van der Waals surface area contributed by atoms with E-state index in [0.717, 1.165) is 12.8 Å². The van der Waals surface area contributed by atoms with Crippen molar-refractivity contribution >= 4 is 29.1 Å². The quantitative estimate of drug-likeness (QED) is 0.328. The molecule has 7 heteroatoms. The van der Waals surface area contributed by atoms with E-state index in [9.17, 15) is 14.7 Å². The standard InChI is InChI=1S/C25H28ClNO5/c1-5-6-12-27-22(16-8-7-9-18(13-16)32-15(2)3)21(24(29)25(27)30)23(28)19-14-17(26)10-11-20(19)31-4/h7-11,13-15,22,28H,5-6,12H2,1-4H3/b23-21+. The van der Waals surface area contributed by atoms with Crippen LogP contribution in [0.5, 0.6) is 11.5 Å². The number of aliphatic hydroxyl groups excluding tert-OH is 1. The van der Waals surface area contributed by atoms with Crippen molar-refractivity contribution in [2.45, 2.75) is 45.8 Å². The summed E-state index contributed by atoms with van der Waals surface area (Å²) in [5, 5.41) is 11.6. The number of unbranched alkanes of at least 4 members (excludes halogenated alkanes) is 1. The largest absolute Gasteiger partial charge is 0.507 e. The highest BCUT2D eigenvalue weighted by molar-refractivity contribution is 6.46. The Balaban J connectivity index is 2.21. The van der Waals surface area contributed by atoms with Crippen LogP contribution in [-0.4, -0.2) is 41.5 Å². The lowest BCUT2D eigenvalue weighted by atomic mass is 9.94. The molecule has 6 nitrogen and oxygen atoms in total. The first kappa shape index (κ1) is 23.7. The predicted octanol–water partition coefficient (Wildman–Crippen LogP) is 5.36. The van der Waals surface area contributed by atoms with E-state index in [4.69, 9.17) is 21.1 Å². The summed E-state index contributed by atoms with van der Waals surface area (Å²) in [5.74, 6) is -0.718. The van der Waals surface area contributed by atoms with E-state index in [2.05, 4.69) is 0 Å². The number of hydrogen-bond donors (Lipinski definition) is 1. The molecule has 2 aromatic rings. The van der Waals surface area contributed by atoms with Crippen molar-refractivity contribution in [1.29, 1.82) is 0 Å². The van der Waals surface area contributed by atoms with Crippen molar-refractivity contribution in [2.75, 3.05) is 13.7 Å². The van der Waals surface area contributed by atoms with Crippen LogP contribution in [0.4, 0.5) is 0 Å². The molecule has 1 aliphatic rings. The van der Waals surface area contributed by atoms with Gasteiger partial charge < -0.3 is 19.5 Å². The number of methoxy groups -OCH3 is 1. The van der Waals surface area contributed by atoms with E-state index in [-0.39, 0.29) is 23.0 Å². The molecule has 0 aromatic heterocycles. The van der Waals surface area contributed by atoms with Crippen molar-refractivity contribution in [3.8, 4) is 11.5 Å². The van der Waals surface area contributed by atoms with E-state index in [1.807, 2.05) is 39.0 Å². The van der Waals surface area contributed by atoms with Gasteiger partial charge in [0.15, 0.2) is 0 Å². The van der Waals surface area contributed by atoms with Gasteiger partial charge in [-0.05, 0) is 56.2 Å². The van der Waals surface area contributed by atoms with Gasteiger partial charge in [0.05, 0.1) is 30.4 Å². The summed E-state index contributed by atoms with van der Waals surface area (Å²) in [6.07, 6.45) is 1.55. The number of hydrogen-bond acceptors (Lipinski definition) is 5. The van der Waals surface area contributed by atoms with Crippen LogP contribution in [0.2, 0.25) is 5.02 Å². The number of ether oxygens (including phenoxy) is 2. The summed E-state index contributed by atoms with van der Waals surface area (Å²) in [4.78, 5) is 27.6. The van der Waals surface area contributed by atoms with Crippen molar-refractivity contribution in [2.24, 2.45) is 0 Å². The van der Waals surface area contributed by atoms with E-state index in [1.54, 1.807) is 18.2 Å². The number of likely N-dealkylation sites (tertiary alicyclic amines) is 1. The van der Waals surface area contributed by atoms with Crippen LogP contribution in [0, 0.1) is 0 Å². The van der Waals surface area contributed by atoms with Crippen LogP contribution in [0.1, 0.15) is 50.8 Å². The number of nitrogens with zero attached hydrogens (tertiary/aromatic N) is 1. The summed E-state index contributed by atoms with van der Waals surface area (Å²) >= 11 is 6.14. The zero-order valence-electron chi connectivity index (χ0n) is 18.7. The summed E-state index contributed by atoms with van der Waals surface area (Å²) in [6.45, 7) is 6.25. The summed E-state index contributed by atoms with van der Waals surface area (Å²) in [6, 6.07) is 11.3. The van der Waals surface area contributed by atoms with Crippen LogP contribution in [0.15, 0.2) is 48.0 Å². The van der Waals surface area contributed by atoms with Crippen LogP contribution in [0.3, 0.4) is 0 Å². The van der Waals surface area contributed by atoms with Crippen LogP contribution < -0.4 is 9.47 Å². The van der Waals surface area contributed by atoms with Gasteiger partial charge in [0.1, 0.15) is 17.3 Å². The Bertz CT molecular complexity index is 1050. The van der Waals surface area contributed by atoms with Gasteiger partial charge >= 0.3 is 0 Å². The number of benzene rings is 2. The fourth-order valence-electron chi connectivity index (χ4n) is 3.83. The van der Waals surface area contributed by atoms with Gasteiger partial charge in [0.2, 0.25) is 0 Å². The molecule has 1 amide bonds. The average Bonchev–Trinajstić information content (AvgIpc) is 3.01. The van der Waals surface area contributed by atoms with Gasteiger partial charge in [-0.25, -0.2) is 0 Å². The third-order valence-electron chi connectivity index (χ3n) is 5.25. The average molecular weight is 458 g/mol. The molecule has 0 radical (unpaired) electrons. The number of aliphatic hydroxyl groups is 1. The fourth-order valence-corrected chi connectivity index (χ4v) is 4.00. The molecule has 0 aliphatic carbocycles. The minimum absolute atomic E-state index is 0.00775. The SMILES string of the molecule is CCCCN1C(=O)C(=O)/C(=C(/O)c2cc(Cl)ccc2OC)C1c1cccc(OC(C)C)c1. The zero-order chi connectivity index (χ0) is 23.4. The van der Waals surface area contributed by atoms with Crippen molar-refractivity contribution in [3.63, 3.8) is 0 Å². The number of amides is 1. The first-order valence-corrected chi connectivity index (χ1v) is 11.0. The Morgan fingerprint density at radius 2 is 1.94 bits per heavy atom. The second kappa shape index (κ2) is 10.1. The molecule has 1 saturated heterocycles. The molecule has 1 unspecified atom stereocenters. The minimum Gasteiger partial charge on any atom is -0.507 e. The van der Waals surface area contributed by atoms with Crippen molar-refractivity contribution in [1.82, 2.24) is 4.90 Å². The number of halogens is 1. The molecule has 0 spiro atoms. The molecule has 2 aromatic carbocycles. The molecule has 1 atom stereocenters. The van der Waals surface area contributed by atoms with E-state index < -0.39 is 17.7 Å². The van der Waals surface area contributed by atoms with Crippen molar-refractivity contribution < 1.29 is 24.2 Å². The minimum atomic E-state index is -0.749. The van der Waals surface area contributed by atoms with Crippen LogP contribution in [-0.2, 0) is 9.59 Å². The van der Waals surface area contributed by atoms with Gasteiger partial charge in [-0.2, -0.15) is 0 Å². The third-order valence-corrected chi connectivity index (χ3v) is 5.49. The molecule has 1 heterocycles. The maximum Gasteiger partial charge on any atom is 0.295 e. The monoisotopic (exact) mass is 457 g/mol. The first-order valence-electron chi connectivity index (χ1n) is 10.7. The number of ketones is 1. The fraction of sp³-hybridized carbons (Fsp3) is 0.360. The highest BCUT2D eigenvalue weighted by Gasteiger charge is 2.46. The van der Waals surface area contributed by atoms with Crippen LogP contribution >= 0.6 is 11.6 Å². The lowest BCUT2D eigenvalue weighted by Crippen LogP contribution is -2.30. The summed E-state index contributed by atoms with van der Waals surface area (Å²) < 4.78 is 11.2. The topological polar surface area (TPSA) is 76.1 Å². The van der Waals surface area contributed by atoms with Gasteiger partial charge in [-0.1, -0.05) is 37.1 Å². The van der Waals surface area contributed by atoms with Crippen molar-refractivity contribution in [3.05, 3.63) is 64.2 Å². The van der Waals surface area contributed by atoms with Gasteiger partial charge in [0.25, 0.3) is 11.7 Å². The summed E-state index contributed by atoms with van der Waals surface area (Å²) in [7, 11) is 1.46. The number of carbonyl (C=O) groups excluding carboxylic acids is 2. The van der Waals surface area contributed by atoms with E-state index in [0.29, 0.717) is 28.6 Å². The molecule has 1 N–H and O–H groups in total. The normalized spacial score (nSPS) is 17.8. The van der Waals surface area contributed by atoms with Gasteiger partial charge in [0, 0.05) is 11.6 Å². The van der Waals surface area contributed by atoms with E-state index >= 15 is 0 Å². The Morgan fingerprint density at radius 3 is 2.59 bits per heavy atom. The second-order valence-corrected chi connectivity index (χ2v) is 8.37. The molecule has 1 fully saturated rings. The Kier molecular flexibility index (Phi) is 7.46. The Labute approximate surface area is 193 Å². The molecular weight excluding hydrogens is 430 g/mol. The number of rotatable bonds is 8. The predicted molar refractivity (Wildman–Crippen MR) is 124 cm³/mol. The Morgan fingerprint density at radius 1 is 1.19 bits per heavy atom. The molecule has 0 saturated carbocycles. The molecule has 0 bridgehead atoms. The molecule has 32 heavy (non-hydrogen) atoms. The highest BCUT2D eigenvalue weighted by atomic mass is 35.5. The number of carbonyl (C=O) groups is 2. The lowest BCUT2D eigenvalue weighted by Gasteiger charge is -2.26. The Hall–Kier alpha value is -2.99. The molecule has 1 aliphatic heterocycles. The van der Waals surface area contributed by atoms with E-state index in [1.165, 1.54) is 18.1 Å². The molecule has 170 valence electrons. The highest BCUT2D eigenvalue weighted by Crippen LogP contribution is 2.42. The number of Topliss-reactive ketones (excluding diaryl/α,β-unsaturated/α-hetero) is 1. The van der Waals surface area contributed by atoms with Crippen LogP contribution in [0.25, 0.3) is 5.76 Å². The second-order valence-electron chi connectivity index (χ2n) is 7.93. The van der Waals surface area contributed by atoms with Gasteiger partial charge in [-0.15, -0.1) is 0 Å². The maximum atomic E-state index is 13.1. The lowest BCUT2D eigenvalue weighted by molar-refractivity contribution is -0.139.